The van der Waals surface area contributed by atoms with Crippen molar-refractivity contribution in [2.45, 2.75) is 19.8 Å². The van der Waals surface area contributed by atoms with Crippen molar-refractivity contribution in [2.75, 3.05) is 20.6 Å². The Labute approximate surface area is 128 Å². The molecule has 2 rings (SSSR count). The first-order valence-corrected chi connectivity index (χ1v) is 7.59. The van der Waals surface area contributed by atoms with E-state index in [2.05, 4.69) is 86.6 Å². The summed E-state index contributed by atoms with van der Waals surface area (Å²) in [6.07, 6.45) is 4.42. The monoisotopic (exact) mass is 279 g/mol. The van der Waals surface area contributed by atoms with Gasteiger partial charge in [-0.3, -0.25) is 0 Å². The van der Waals surface area contributed by atoms with Crippen molar-refractivity contribution < 1.29 is 0 Å². The molecule has 0 unspecified atom stereocenters. The first-order valence-electron chi connectivity index (χ1n) is 7.59. The lowest BCUT2D eigenvalue weighted by Gasteiger charge is -2.13. The molecule has 0 aliphatic heterocycles. The third kappa shape index (κ3) is 5.20. The van der Waals surface area contributed by atoms with Gasteiger partial charge in [0, 0.05) is 6.54 Å². The van der Waals surface area contributed by atoms with Crippen LogP contribution >= 0.6 is 0 Å². The van der Waals surface area contributed by atoms with Gasteiger partial charge < -0.3 is 4.90 Å². The average molecular weight is 279 g/mol. The first-order chi connectivity index (χ1) is 10.1. The van der Waals surface area contributed by atoms with Crippen LogP contribution in [0.2, 0.25) is 0 Å². The highest BCUT2D eigenvalue weighted by atomic mass is 15.0. The third-order valence-corrected chi connectivity index (χ3v) is 3.63. The van der Waals surface area contributed by atoms with Gasteiger partial charge in [-0.1, -0.05) is 66.2 Å². The summed E-state index contributed by atoms with van der Waals surface area (Å²) in [7, 11) is 4.26. The molecule has 0 aliphatic carbocycles. The zero-order chi connectivity index (χ0) is 15.1. The summed E-state index contributed by atoms with van der Waals surface area (Å²) in [6.45, 7) is 3.31. The molecular weight excluding hydrogens is 254 g/mol. The highest BCUT2D eigenvalue weighted by molar-refractivity contribution is 5.53. The summed E-state index contributed by atoms with van der Waals surface area (Å²) in [5, 5.41) is 0. The van der Waals surface area contributed by atoms with E-state index in [0.717, 1.165) is 19.4 Å². The largest absolute Gasteiger partial charge is 0.309 e. The molecule has 0 aromatic heterocycles. The Kier molecular flexibility index (Phi) is 5.77. The van der Waals surface area contributed by atoms with E-state index in [9.17, 15) is 0 Å². The Balaban J connectivity index is 2.10. The standard InChI is InChI=1S/C20H25N/c1-17(15-18-9-5-4-6-10-18)16-20-12-8-7-11-19(20)13-14-21(2)3/h4-12,15H,13-14,16H2,1-3H3. The number of hydrogen-bond acceptors (Lipinski definition) is 1. The van der Waals surface area contributed by atoms with E-state index in [1.807, 2.05) is 0 Å². The number of likely N-dealkylation sites (N-methyl/N-ethyl adjacent to an activating group) is 1. The fourth-order valence-corrected chi connectivity index (χ4v) is 2.50. The van der Waals surface area contributed by atoms with E-state index >= 15 is 0 Å². The fraction of sp³-hybridized carbons (Fsp3) is 0.300. The molecule has 110 valence electrons. The summed E-state index contributed by atoms with van der Waals surface area (Å²) < 4.78 is 0. The molecule has 21 heavy (non-hydrogen) atoms. The number of rotatable bonds is 6. The minimum Gasteiger partial charge on any atom is -0.309 e. The van der Waals surface area contributed by atoms with Crippen molar-refractivity contribution in [3.8, 4) is 0 Å². The van der Waals surface area contributed by atoms with E-state index in [-0.39, 0.29) is 0 Å². The van der Waals surface area contributed by atoms with Gasteiger partial charge in [0.2, 0.25) is 0 Å². The fourth-order valence-electron chi connectivity index (χ4n) is 2.50. The molecule has 0 heterocycles. The van der Waals surface area contributed by atoms with Crippen LogP contribution in [-0.2, 0) is 12.8 Å². The first kappa shape index (κ1) is 15.5. The molecule has 0 bridgehead atoms. The number of allylic oxidation sites excluding steroid dienone is 1. The maximum absolute atomic E-state index is 2.28. The van der Waals surface area contributed by atoms with Crippen molar-refractivity contribution in [2.24, 2.45) is 0 Å². The van der Waals surface area contributed by atoms with Gasteiger partial charge in [-0.05, 0) is 50.6 Å². The van der Waals surface area contributed by atoms with Crippen LogP contribution in [0.15, 0.2) is 60.2 Å². The third-order valence-electron chi connectivity index (χ3n) is 3.63. The van der Waals surface area contributed by atoms with E-state index in [0.29, 0.717) is 0 Å². The molecule has 0 N–H and O–H groups in total. The zero-order valence-corrected chi connectivity index (χ0v) is 13.3. The molecule has 1 nitrogen and oxygen atoms in total. The summed E-state index contributed by atoms with van der Waals surface area (Å²) in [5.41, 5.74) is 5.59. The Morgan fingerprint density at radius 3 is 2.19 bits per heavy atom. The summed E-state index contributed by atoms with van der Waals surface area (Å²) in [4.78, 5) is 2.24. The maximum atomic E-state index is 2.28. The molecule has 1 heteroatoms. The molecule has 0 fully saturated rings. The van der Waals surface area contributed by atoms with Crippen molar-refractivity contribution >= 4 is 6.08 Å². The van der Waals surface area contributed by atoms with Crippen LogP contribution in [0.5, 0.6) is 0 Å². The van der Waals surface area contributed by atoms with Crippen LogP contribution in [0, 0.1) is 0 Å². The van der Waals surface area contributed by atoms with Gasteiger partial charge >= 0.3 is 0 Å². The van der Waals surface area contributed by atoms with Gasteiger partial charge in [-0.15, -0.1) is 0 Å². The Hall–Kier alpha value is -1.86. The van der Waals surface area contributed by atoms with Crippen LogP contribution in [0.4, 0.5) is 0 Å². The second kappa shape index (κ2) is 7.80. The van der Waals surface area contributed by atoms with E-state index in [4.69, 9.17) is 0 Å². The summed E-state index contributed by atoms with van der Waals surface area (Å²) >= 11 is 0. The van der Waals surface area contributed by atoms with Gasteiger partial charge in [-0.2, -0.15) is 0 Å². The van der Waals surface area contributed by atoms with Gasteiger partial charge in [0.05, 0.1) is 0 Å². The summed E-state index contributed by atoms with van der Waals surface area (Å²) in [6, 6.07) is 19.3. The lowest BCUT2D eigenvalue weighted by atomic mass is 9.97. The van der Waals surface area contributed by atoms with E-state index < -0.39 is 0 Å². The Bertz CT molecular complexity index is 582. The van der Waals surface area contributed by atoms with Crippen LogP contribution in [0.1, 0.15) is 23.6 Å². The lowest BCUT2D eigenvalue weighted by molar-refractivity contribution is 0.413. The minimum absolute atomic E-state index is 1.03. The predicted molar refractivity (Wildman–Crippen MR) is 92.5 cm³/mol. The van der Waals surface area contributed by atoms with E-state index in [1.165, 1.54) is 22.3 Å². The number of hydrogen-bond donors (Lipinski definition) is 0. The molecule has 0 radical (unpaired) electrons. The van der Waals surface area contributed by atoms with Crippen molar-refractivity contribution in [3.63, 3.8) is 0 Å². The molecule has 0 saturated heterocycles. The molecule has 0 amide bonds. The van der Waals surface area contributed by atoms with Crippen molar-refractivity contribution in [1.82, 2.24) is 4.90 Å². The molecule has 2 aromatic rings. The predicted octanol–water partition coefficient (Wildman–Crippen LogP) is 4.44. The minimum atomic E-state index is 1.03. The quantitative estimate of drug-likeness (QED) is 0.756. The average Bonchev–Trinajstić information content (AvgIpc) is 2.47. The van der Waals surface area contributed by atoms with Crippen molar-refractivity contribution in [1.29, 1.82) is 0 Å². The van der Waals surface area contributed by atoms with Gasteiger partial charge in [0.25, 0.3) is 0 Å². The van der Waals surface area contributed by atoms with Gasteiger partial charge in [0.15, 0.2) is 0 Å². The topological polar surface area (TPSA) is 3.24 Å². The second-order valence-electron chi connectivity index (χ2n) is 5.90. The normalized spacial score (nSPS) is 11.9. The number of benzene rings is 2. The molecule has 0 atom stereocenters. The smallest absolute Gasteiger partial charge is 0.00158 e. The van der Waals surface area contributed by atoms with E-state index in [1.54, 1.807) is 0 Å². The highest BCUT2D eigenvalue weighted by Gasteiger charge is 2.03. The molecule has 2 aromatic carbocycles. The summed E-state index contributed by atoms with van der Waals surface area (Å²) in [5.74, 6) is 0. The highest BCUT2D eigenvalue weighted by Crippen LogP contribution is 2.16. The molecule has 0 saturated carbocycles. The SMILES string of the molecule is CC(=Cc1ccccc1)Cc1ccccc1CCN(C)C. The Morgan fingerprint density at radius 2 is 1.52 bits per heavy atom. The van der Waals surface area contributed by atoms with Gasteiger partial charge in [0.1, 0.15) is 0 Å². The molecular formula is C20H25N. The van der Waals surface area contributed by atoms with Gasteiger partial charge in [-0.25, -0.2) is 0 Å². The Morgan fingerprint density at radius 1 is 0.905 bits per heavy atom. The molecule has 0 spiro atoms. The maximum Gasteiger partial charge on any atom is 0.00158 e. The van der Waals surface area contributed by atoms with Crippen molar-refractivity contribution in [3.05, 3.63) is 76.9 Å². The van der Waals surface area contributed by atoms with Crippen LogP contribution < -0.4 is 0 Å². The molecule has 0 aliphatic rings. The van der Waals surface area contributed by atoms with Crippen LogP contribution in [0.25, 0.3) is 6.08 Å². The van der Waals surface area contributed by atoms with Crippen LogP contribution in [0.3, 0.4) is 0 Å². The zero-order valence-electron chi connectivity index (χ0n) is 13.3. The van der Waals surface area contributed by atoms with Crippen LogP contribution in [-0.4, -0.2) is 25.5 Å². The lowest BCUT2D eigenvalue weighted by Crippen LogP contribution is -2.15. The number of nitrogens with zero attached hydrogens (tertiary/aromatic N) is 1. The second-order valence-corrected chi connectivity index (χ2v) is 5.90.